The summed E-state index contributed by atoms with van der Waals surface area (Å²) in [5.74, 6) is -0.384. The molecule has 0 saturated heterocycles. The smallest absolute Gasteiger partial charge is 0.306 e. The number of hydrogen-bond acceptors (Lipinski definition) is 5. The molecule has 0 spiro atoms. The zero-order valence-electron chi connectivity index (χ0n) is 44.7. The molecule has 0 aliphatic heterocycles. The van der Waals surface area contributed by atoms with Crippen LogP contribution < -0.4 is 0 Å². The first kappa shape index (κ1) is 64.1. The van der Waals surface area contributed by atoms with Crippen molar-refractivity contribution in [2.24, 2.45) is 0 Å². The van der Waals surface area contributed by atoms with Gasteiger partial charge in [-0.25, -0.2) is 0 Å². The van der Waals surface area contributed by atoms with Crippen molar-refractivity contribution in [2.45, 2.75) is 322 Å². The molecule has 0 saturated carbocycles. The second kappa shape index (κ2) is 57.4. The highest BCUT2D eigenvalue weighted by atomic mass is 16.6. The molecule has 0 aromatic carbocycles. The van der Waals surface area contributed by atoms with E-state index >= 15 is 0 Å². The van der Waals surface area contributed by atoms with E-state index in [-0.39, 0.29) is 18.5 Å². The average Bonchev–Trinajstić information content (AvgIpc) is 3.32. The second-order valence-corrected chi connectivity index (χ2v) is 19.9. The van der Waals surface area contributed by atoms with Crippen LogP contribution in [-0.4, -0.2) is 37.9 Å². The molecular weight excluding hydrogens is 813 g/mol. The maximum absolute atomic E-state index is 12.8. The monoisotopic (exact) mass is 927 g/mol. The van der Waals surface area contributed by atoms with E-state index in [1.54, 1.807) is 0 Å². The van der Waals surface area contributed by atoms with Gasteiger partial charge in [-0.2, -0.15) is 0 Å². The second-order valence-electron chi connectivity index (χ2n) is 19.9. The molecule has 0 aliphatic rings. The van der Waals surface area contributed by atoms with Crippen molar-refractivity contribution < 1.29 is 23.8 Å². The van der Waals surface area contributed by atoms with E-state index in [0.717, 1.165) is 44.9 Å². The van der Waals surface area contributed by atoms with Gasteiger partial charge in [0.15, 0.2) is 6.10 Å². The van der Waals surface area contributed by atoms with Gasteiger partial charge < -0.3 is 14.2 Å². The molecule has 0 fully saturated rings. The molecule has 0 aliphatic carbocycles. The van der Waals surface area contributed by atoms with E-state index in [4.69, 9.17) is 14.2 Å². The van der Waals surface area contributed by atoms with Crippen LogP contribution in [0.1, 0.15) is 316 Å². The third-order valence-corrected chi connectivity index (χ3v) is 13.1. The fourth-order valence-corrected chi connectivity index (χ4v) is 8.71. The molecule has 0 aromatic heterocycles. The lowest BCUT2D eigenvalue weighted by atomic mass is 10.0. The zero-order chi connectivity index (χ0) is 47.7. The van der Waals surface area contributed by atoms with Gasteiger partial charge in [0.05, 0.1) is 6.61 Å². The molecule has 0 heterocycles. The van der Waals surface area contributed by atoms with Crippen LogP contribution in [-0.2, 0) is 23.8 Å². The number of unbranched alkanes of at least 4 members (excludes halogenated alkanes) is 38. The number of ether oxygens (including phenoxy) is 3. The van der Waals surface area contributed by atoms with E-state index in [2.05, 4.69) is 57.2 Å². The summed E-state index contributed by atoms with van der Waals surface area (Å²) in [6.45, 7) is 7.85. The van der Waals surface area contributed by atoms with Gasteiger partial charge >= 0.3 is 11.9 Å². The van der Waals surface area contributed by atoms with Gasteiger partial charge in [0, 0.05) is 19.4 Å². The van der Waals surface area contributed by atoms with Crippen LogP contribution in [0.15, 0.2) is 36.5 Å². The van der Waals surface area contributed by atoms with Crippen LogP contribution in [0.2, 0.25) is 0 Å². The summed E-state index contributed by atoms with van der Waals surface area (Å²) in [5, 5.41) is 0. The van der Waals surface area contributed by atoms with Gasteiger partial charge in [-0.05, 0) is 77.0 Å². The van der Waals surface area contributed by atoms with E-state index in [0.29, 0.717) is 26.1 Å². The molecule has 5 nitrogen and oxygen atoms in total. The van der Waals surface area contributed by atoms with E-state index in [9.17, 15) is 9.59 Å². The first-order chi connectivity index (χ1) is 32.6. The van der Waals surface area contributed by atoms with Crippen LogP contribution in [0.25, 0.3) is 0 Å². The van der Waals surface area contributed by atoms with Gasteiger partial charge in [-0.3, -0.25) is 9.59 Å². The molecule has 0 rings (SSSR count). The molecule has 0 N–H and O–H groups in total. The standard InChI is InChI=1S/C61H114O5/c1-4-7-10-13-16-19-22-25-27-29-31-32-34-37-39-42-45-48-51-54-60(62)65-58-59(66-61(63)55-52-49-46-43-40-36-24-21-18-15-12-9-6-3)57-64-56-53-50-47-44-41-38-35-33-30-28-26-23-20-17-14-11-8-5-2/h16,19,25-28,59H,4-15,17-18,20-24,29-58H2,1-3H3/b19-16-,27-25-,28-26-. The van der Waals surface area contributed by atoms with Crippen molar-refractivity contribution in [3.05, 3.63) is 36.5 Å². The number of rotatable bonds is 55. The Hall–Kier alpha value is -1.88. The summed E-state index contributed by atoms with van der Waals surface area (Å²) >= 11 is 0. The first-order valence-electron chi connectivity index (χ1n) is 29.5. The SMILES string of the molecule is CCCCC/C=C\C/C=C\CCCCCCCCCCCC(=O)OCC(COCCCCCCCCCC/C=C\CCCCCCCC)OC(=O)CCCCCCCCCCCCCCC. The lowest BCUT2D eigenvalue weighted by Crippen LogP contribution is -2.30. The predicted molar refractivity (Wildman–Crippen MR) is 288 cm³/mol. The lowest BCUT2D eigenvalue weighted by Gasteiger charge is -2.18. The highest BCUT2D eigenvalue weighted by Crippen LogP contribution is 2.16. The molecule has 0 aromatic rings. The number of hydrogen-bond donors (Lipinski definition) is 0. The van der Waals surface area contributed by atoms with Gasteiger partial charge in [-0.1, -0.05) is 263 Å². The minimum absolute atomic E-state index is 0.0874. The minimum atomic E-state index is -0.535. The summed E-state index contributed by atoms with van der Waals surface area (Å²) in [5.41, 5.74) is 0. The van der Waals surface area contributed by atoms with Crippen molar-refractivity contribution in [1.82, 2.24) is 0 Å². The largest absolute Gasteiger partial charge is 0.462 e. The Morgan fingerprint density at radius 3 is 1.05 bits per heavy atom. The normalized spacial score (nSPS) is 12.3. The molecule has 5 heteroatoms. The molecule has 1 atom stereocenters. The number of carbonyl (C=O) groups excluding carboxylic acids is 2. The Bertz CT molecular complexity index is 1050. The van der Waals surface area contributed by atoms with E-state index < -0.39 is 6.10 Å². The quantitative estimate of drug-likeness (QED) is 0.0345. The number of allylic oxidation sites excluding steroid dienone is 6. The zero-order valence-corrected chi connectivity index (χ0v) is 44.7. The fourth-order valence-electron chi connectivity index (χ4n) is 8.71. The van der Waals surface area contributed by atoms with Gasteiger partial charge in [0.25, 0.3) is 0 Å². The lowest BCUT2D eigenvalue weighted by molar-refractivity contribution is -0.163. The minimum Gasteiger partial charge on any atom is -0.462 e. The third kappa shape index (κ3) is 54.7. The topological polar surface area (TPSA) is 61.8 Å². The highest BCUT2D eigenvalue weighted by Gasteiger charge is 2.17. The highest BCUT2D eigenvalue weighted by molar-refractivity contribution is 5.70. The van der Waals surface area contributed by atoms with Crippen LogP contribution in [0.3, 0.4) is 0 Å². The Kier molecular flexibility index (Phi) is 55.8. The maximum atomic E-state index is 12.8. The predicted octanol–water partition coefficient (Wildman–Crippen LogP) is 20.1. The number of esters is 2. The molecule has 66 heavy (non-hydrogen) atoms. The summed E-state index contributed by atoms with van der Waals surface area (Å²) in [6, 6.07) is 0. The average molecular weight is 928 g/mol. The van der Waals surface area contributed by atoms with Crippen molar-refractivity contribution in [1.29, 1.82) is 0 Å². The van der Waals surface area contributed by atoms with Crippen molar-refractivity contribution >= 4 is 11.9 Å². The summed E-state index contributed by atoms with van der Waals surface area (Å²) in [4.78, 5) is 25.5. The molecule has 0 amide bonds. The maximum Gasteiger partial charge on any atom is 0.306 e. The Morgan fingerprint density at radius 1 is 0.333 bits per heavy atom. The van der Waals surface area contributed by atoms with Crippen LogP contribution in [0.4, 0.5) is 0 Å². The van der Waals surface area contributed by atoms with E-state index in [1.807, 2.05) is 0 Å². The van der Waals surface area contributed by atoms with Gasteiger partial charge in [-0.15, -0.1) is 0 Å². The Balaban J connectivity index is 4.21. The van der Waals surface area contributed by atoms with E-state index in [1.165, 1.54) is 238 Å². The van der Waals surface area contributed by atoms with Crippen molar-refractivity contribution in [3.63, 3.8) is 0 Å². The summed E-state index contributed by atoms with van der Waals surface area (Å²) in [6.07, 6.45) is 70.2. The molecule has 0 radical (unpaired) electrons. The summed E-state index contributed by atoms with van der Waals surface area (Å²) in [7, 11) is 0. The fraction of sp³-hybridized carbons (Fsp3) is 0.869. The Morgan fingerprint density at radius 2 is 0.636 bits per heavy atom. The van der Waals surface area contributed by atoms with Crippen LogP contribution in [0, 0.1) is 0 Å². The van der Waals surface area contributed by atoms with Crippen molar-refractivity contribution in [2.75, 3.05) is 19.8 Å². The molecule has 388 valence electrons. The number of carbonyl (C=O) groups is 2. The van der Waals surface area contributed by atoms with Crippen molar-refractivity contribution in [3.8, 4) is 0 Å². The molecule has 0 bridgehead atoms. The summed E-state index contributed by atoms with van der Waals surface area (Å²) < 4.78 is 17.5. The molecule has 1 unspecified atom stereocenters. The van der Waals surface area contributed by atoms with Crippen LogP contribution in [0.5, 0.6) is 0 Å². The van der Waals surface area contributed by atoms with Gasteiger partial charge in [0.2, 0.25) is 0 Å². The third-order valence-electron chi connectivity index (χ3n) is 13.1. The first-order valence-corrected chi connectivity index (χ1v) is 29.5. The van der Waals surface area contributed by atoms with Gasteiger partial charge in [0.1, 0.15) is 6.61 Å². The molecular formula is C61H114O5. The van der Waals surface area contributed by atoms with Crippen LogP contribution >= 0.6 is 0 Å². The Labute approximate surface area is 412 Å².